The third kappa shape index (κ3) is 3.33. The first-order valence-corrected chi connectivity index (χ1v) is 5.70. The summed E-state index contributed by atoms with van der Waals surface area (Å²) in [6.45, 7) is 2.59. The van der Waals surface area contributed by atoms with Crippen LogP contribution in [0.25, 0.3) is 0 Å². The Balaban J connectivity index is 1.92. The van der Waals surface area contributed by atoms with Gasteiger partial charge < -0.3 is 9.84 Å². The van der Waals surface area contributed by atoms with Crippen molar-refractivity contribution in [1.29, 1.82) is 0 Å². The minimum atomic E-state index is 0.0741. The van der Waals surface area contributed by atoms with E-state index in [4.69, 9.17) is 4.74 Å². The van der Waals surface area contributed by atoms with Gasteiger partial charge in [0.1, 0.15) is 5.75 Å². The fourth-order valence-electron chi connectivity index (χ4n) is 1.63. The van der Waals surface area contributed by atoms with E-state index >= 15 is 0 Å². The van der Waals surface area contributed by atoms with Crippen LogP contribution >= 0.6 is 0 Å². The predicted octanol–water partition coefficient (Wildman–Crippen LogP) is 3.67. The second kappa shape index (κ2) is 5.51. The van der Waals surface area contributed by atoms with Crippen LogP contribution in [0.2, 0.25) is 0 Å². The number of aromatic hydroxyl groups is 1. The van der Waals surface area contributed by atoms with Crippen LogP contribution in [0.5, 0.6) is 5.75 Å². The number of ether oxygens (including phenoxy) is 1. The van der Waals surface area contributed by atoms with Crippen molar-refractivity contribution >= 4 is 0 Å². The molecule has 0 fully saturated rings. The second-order valence-corrected chi connectivity index (χ2v) is 4.03. The molecule has 2 aromatic carbocycles. The summed E-state index contributed by atoms with van der Waals surface area (Å²) in [5.74, 6) is 0.282. The molecule has 1 atom stereocenters. The lowest BCUT2D eigenvalue weighted by molar-refractivity contribution is 0.0525. The SMILES string of the molecule is CC(OCc1ccc(O)cc1)c1ccccc1. The van der Waals surface area contributed by atoms with Gasteiger partial charge in [0.15, 0.2) is 0 Å². The molecule has 0 bridgehead atoms. The first-order valence-electron chi connectivity index (χ1n) is 5.70. The van der Waals surface area contributed by atoms with Gasteiger partial charge in [-0.3, -0.25) is 0 Å². The third-order valence-electron chi connectivity index (χ3n) is 2.71. The lowest BCUT2D eigenvalue weighted by atomic mass is 10.1. The van der Waals surface area contributed by atoms with Crippen LogP contribution in [-0.4, -0.2) is 5.11 Å². The molecule has 0 radical (unpaired) electrons. The average molecular weight is 228 g/mol. The van der Waals surface area contributed by atoms with Crippen LogP contribution in [0.1, 0.15) is 24.2 Å². The Morgan fingerprint density at radius 2 is 1.65 bits per heavy atom. The fraction of sp³-hybridized carbons (Fsp3) is 0.200. The molecule has 2 nitrogen and oxygen atoms in total. The molecule has 0 aliphatic heterocycles. The number of phenolic OH excluding ortho intramolecular Hbond substituents is 1. The van der Waals surface area contributed by atoms with Crippen molar-refractivity contribution in [3.63, 3.8) is 0 Å². The van der Waals surface area contributed by atoms with Gasteiger partial charge in [-0.1, -0.05) is 42.5 Å². The molecule has 0 amide bonds. The molecular weight excluding hydrogens is 212 g/mol. The van der Waals surface area contributed by atoms with E-state index in [0.717, 1.165) is 5.56 Å². The lowest BCUT2D eigenvalue weighted by Gasteiger charge is -2.13. The van der Waals surface area contributed by atoms with Crippen molar-refractivity contribution in [1.82, 2.24) is 0 Å². The summed E-state index contributed by atoms with van der Waals surface area (Å²) in [5.41, 5.74) is 2.23. The van der Waals surface area contributed by atoms with Crippen LogP contribution in [0, 0.1) is 0 Å². The molecule has 88 valence electrons. The fourth-order valence-corrected chi connectivity index (χ4v) is 1.63. The van der Waals surface area contributed by atoms with Gasteiger partial charge in [0.05, 0.1) is 12.7 Å². The Labute approximate surface area is 101 Å². The van der Waals surface area contributed by atoms with Crippen molar-refractivity contribution < 1.29 is 9.84 Å². The van der Waals surface area contributed by atoms with Gasteiger partial charge in [-0.25, -0.2) is 0 Å². The van der Waals surface area contributed by atoms with E-state index in [1.165, 1.54) is 5.56 Å². The van der Waals surface area contributed by atoms with Crippen molar-refractivity contribution in [2.24, 2.45) is 0 Å². The van der Waals surface area contributed by atoms with Gasteiger partial charge in [-0.15, -0.1) is 0 Å². The largest absolute Gasteiger partial charge is 0.508 e. The normalized spacial score (nSPS) is 12.3. The van der Waals surface area contributed by atoms with E-state index in [1.807, 2.05) is 37.3 Å². The zero-order valence-electron chi connectivity index (χ0n) is 9.84. The Bertz CT molecular complexity index is 448. The van der Waals surface area contributed by atoms with Gasteiger partial charge in [0, 0.05) is 0 Å². The molecule has 0 heterocycles. The van der Waals surface area contributed by atoms with Crippen LogP contribution in [0.4, 0.5) is 0 Å². The van der Waals surface area contributed by atoms with Gasteiger partial charge >= 0.3 is 0 Å². The average Bonchev–Trinajstić information content (AvgIpc) is 2.39. The maximum atomic E-state index is 9.17. The summed E-state index contributed by atoms with van der Waals surface area (Å²) in [7, 11) is 0. The predicted molar refractivity (Wildman–Crippen MR) is 67.8 cm³/mol. The number of benzene rings is 2. The topological polar surface area (TPSA) is 29.5 Å². The maximum Gasteiger partial charge on any atom is 0.115 e. The summed E-state index contributed by atoms with van der Waals surface area (Å²) in [5, 5.41) is 9.17. The maximum absolute atomic E-state index is 9.17. The number of hydrogen-bond donors (Lipinski definition) is 1. The molecule has 1 N–H and O–H groups in total. The smallest absolute Gasteiger partial charge is 0.115 e. The Hall–Kier alpha value is -1.80. The standard InChI is InChI=1S/C15H16O2/c1-12(14-5-3-2-4-6-14)17-11-13-7-9-15(16)10-8-13/h2-10,12,16H,11H2,1H3. The van der Waals surface area contributed by atoms with Crippen molar-refractivity contribution in [3.8, 4) is 5.75 Å². The highest BCUT2D eigenvalue weighted by atomic mass is 16.5. The summed E-state index contributed by atoms with van der Waals surface area (Å²) in [6, 6.07) is 17.2. The van der Waals surface area contributed by atoms with Crippen molar-refractivity contribution in [2.45, 2.75) is 19.6 Å². The quantitative estimate of drug-likeness (QED) is 0.865. The molecule has 2 rings (SSSR count). The summed E-state index contributed by atoms with van der Waals surface area (Å²) >= 11 is 0. The minimum Gasteiger partial charge on any atom is -0.508 e. The molecule has 2 aromatic rings. The van der Waals surface area contributed by atoms with E-state index in [9.17, 15) is 5.11 Å². The van der Waals surface area contributed by atoms with Crippen LogP contribution in [-0.2, 0) is 11.3 Å². The molecule has 0 saturated carbocycles. The molecule has 2 heteroatoms. The van der Waals surface area contributed by atoms with E-state index in [0.29, 0.717) is 6.61 Å². The molecule has 0 saturated heterocycles. The van der Waals surface area contributed by atoms with E-state index in [-0.39, 0.29) is 11.9 Å². The van der Waals surface area contributed by atoms with Gasteiger partial charge in [-0.05, 0) is 30.2 Å². The van der Waals surface area contributed by atoms with Crippen molar-refractivity contribution in [2.75, 3.05) is 0 Å². The summed E-state index contributed by atoms with van der Waals surface area (Å²) in [6.07, 6.45) is 0.0741. The molecule has 17 heavy (non-hydrogen) atoms. The van der Waals surface area contributed by atoms with E-state index in [2.05, 4.69) is 12.1 Å². The highest BCUT2D eigenvalue weighted by Gasteiger charge is 2.04. The highest BCUT2D eigenvalue weighted by molar-refractivity contribution is 5.25. The minimum absolute atomic E-state index is 0.0741. The highest BCUT2D eigenvalue weighted by Crippen LogP contribution is 2.18. The number of phenols is 1. The first kappa shape index (κ1) is 11.7. The summed E-state index contributed by atoms with van der Waals surface area (Å²) < 4.78 is 5.77. The monoisotopic (exact) mass is 228 g/mol. The molecule has 0 aromatic heterocycles. The second-order valence-electron chi connectivity index (χ2n) is 4.03. The van der Waals surface area contributed by atoms with Crippen molar-refractivity contribution in [3.05, 3.63) is 65.7 Å². The zero-order valence-corrected chi connectivity index (χ0v) is 9.84. The van der Waals surface area contributed by atoms with Crippen LogP contribution in [0.3, 0.4) is 0 Å². The van der Waals surface area contributed by atoms with Gasteiger partial charge in [-0.2, -0.15) is 0 Å². The van der Waals surface area contributed by atoms with Crippen LogP contribution < -0.4 is 0 Å². The first-order chi connectivity index (χ1) is 8.25. The molecular formula is C15H16O2. The Morgan fingerprint density at radius 3 is 2.29 bits per heavy atom. The van der Waals surface area contributed by atoms with Gasteiger partial charge in [0.25, 0.3) is 0 Å². The molecule has 1 unspecified atom stereocenters. The summed E-state index contributed by atoms with van der Waals surface area (Å²) in [4.78, 5) is 0. The van der Waals surface area contributed by atoms with Gasteiger partial charge in [0.2, 0.25) is 0 Å². The van der Waals surface area contributed by atoms with E-state index < -0.39 is 0 Å². The molecule has 0 aliphatic rings. The molecule has 0 aliphatic carbocycles. The lowest BCUT2D eigenvalue weighted by Crippen LogP contribution is -2.00. The third-order valence-corrected chi connectivity index (χ3v) is 2.71. The van der Waals surface area contributed by atoms with E-state index in [1.54, 1.807) is 12.1 Å². The zero-order chi connectivity index (χ0) is 12.1. The Morgan fingerprint density at radius 1 is 1.00 bits per heavy atom. The number of hydrogen-bond acceptors (Lipinski definition) is 2. The number of rotatable bonds is 4. The Kier molecular flexibility index (Phi) is 3.78. The van der Waals surface area contributed by atoms with Crippen LogP contribution in [0.15, 0.2) is 54.6 Å². The molecule has 0 spiro atoms.